The van der Waals surface area contributed by atoms with Gasteiger partial charge in [-0.05, 0) is 36.4 Å². The Bertz CT molecular complexity index is 954. The van der Waals surface area contributed by atoms with Crippen molar-refractivity contribution >= 4 is 40.7 Å². The number of hydrogen-bond acceptors (Lipinski definition) is 7. The number of nitrogens with one attached hydrogen (secondary N) is 2. The van der Waals surface area contributed by atoms with Gasteiger partial charge in [0.2, 0.25) is 5.95 Å². The van der Waals surface area contributed by atoms with Crippen molar-refractivity contribution in [3.05, 3.63) is 65.1 Å². The Balaban J connectivity index is 1.82. The summed E-state index contributed by atoms with van der Waals surface area (Å²) in [6.45, 7) is 0. The number of aromatic nitrogens is 3. The Hall–Kier alpha value is -3.26. The minimum absolute atomic E-state index is 0.148. The van der Waals surface area contributed by atoms with E-state index in [1.165, 1.54) is 31.5 Å². The van der Waals surface area contributed by atoms with E-state index in [2.05, 4.69) is 30.6 Å². The van der Waals surface area contributed by atoms with E-state index in [0.29, 0.717) is 27.8 Å². The second kappa shape index (κ2) is 7.75. The van der Waals surface area contributed by atoms with E-state index in [-0.39, 0.29) is 11.8 Å². The lowest BCUT2D eigenvalue weighted by atomic mass is 10.2. The number of anilines is 4. The van der Waals surface area contributed by atoms with Crippen LogP contribution >= 0.6 is 11.6 Å². The Kier molecular flexibility index (Phi) is 5.23. The number of halogens is 2. The molecule has 0 saturated heterocycles. The first kappa shape index (κ1) is 17.6. The van der Waals surface area contributed by atoms with Gasteiger partial charge in [-0.15, -0.1) is 5.10 Å². The van der Waals surface area contributed by atoms with Crippen LogP contribution in [0.15, 0.2) is 48.7 Å². The van der Waals surface area contributed by atoms with Gasteiger partial charge in [-0.2, -0.15) is 10.1 Å². The van der Waals surface area contributed by atoms with Gasteiger partial charge in [-0.3, -0.25) is 0 Å². The number of carbonyl (C=O) groups is 1. The average molecular weight is 374 g/mol. The molecule has 0 aliphatic carbocycles. The first-order valence-electron chi connectivity index (χ1n) is 7.42. The minimum Gasteiger partial charge on any atom is -0.465 e. The van der Waals surface area contributed by atoms with Gasteiger partial charge < -0.3 is 15.4 Å². The van der Waals surface area contributed by atoms with Gasteiger partial charge in [-0.1, -0.05) is 17.7 Å². The molecule has 3 aromatic rings. The van der Waals surface area contributed by atoms with Crippen molar-refractivity contribution < 1.29 is 13.9 Å². The molecular weight excluding hydrogens is 361 g/mol. The van der Waals surface area contributed by atoms with Crippen LogP contribution in [0.25, 0.3) is 0 Å². The number of carbonyl (C=O) groups excluding carboxylic acids is 1. The van der Waals surface area contributed by atoms with Crippen LogP contribution in [-0.4, -0.2) is 28.3 Å². The topological polar surface area (TPSA) is 89.0 Å². The molecule has 0 radical (unpaired) electrons. The maximum Gasteiger partial charge on any atom is 0.337 e. The van der Waals surface area contributed by atoms with Crippen molar-refractivity contribution in [3.63, 3.8) is 0 Å². The zero-order valence-corrected chi connectivity index (χ0v) is 14.3. The number of nitrogens with zero attached hydrogens (tertiary/aromatic N) is 3. The largest absolute Gasteiger partial charge is 0.465 e. The lowest BCUT2D eigenvalue weighted by Crippen LogP contribution is -2.05. The molecule has 0 unspecified atom stereocenters. The van der Waals surface area contributed by atoms with Crippen LogP contribution in [0.2, 0.25) is 5.02 Å². The lowest BCUT2D eigenvalue weighted by molar-refractivity contribution is 0.0601. The minimum atomic E-state index is -0.495. The van der Waals surface area contributed by atoms with Crippen LogP contribution in [0.3, 0.4) is 0 Å². The van der Waals surface area contributed by atoms with Crippen LogP contribution in [0, 0.1) is 5.82 Å². The van der Waals surface area contributed by atoms with Crippen molar-refractivity contribution in [2.75, 3.05) is 17.7 Å². The fourth-order valence-corrected chi connectivity index (χ4v) is 2.28. The molecule has 0 saturated carbocycles. The number of rotatable bonds is 5. The lowest BCUT2D eigenvalue weighted by Gasteiger charge is -2.10. The van der Waals surface area contributed by atoms with E-state index in [1.807, 2.05) is 0 Å². The van der Waals surface area contributed by atoms with E-state index < -0.39 is 5.97 Å². The second-order valence-electron chi connectivity index (χ2n) is 5.11. The van der Waals surface area contributed by atoms with Gasteiger partial charge in [0, 0.05) is 5.69 Å². The second-order valence-corrected chi connectivity index (χ2v) is 5.52. The van der Waals surface area contributed by atoms with Crippen molar-refractivity contribution in [3.8, 4) is 0 Å². The highest BCUT2D eigenvalue weighted by atomic mass is 35.5. The van der Waals surface area contributed by atoms with Gasteiger partial charge >= 0.3 is 5.97 Å². The molecule has 0 aliphatic rings. The van der Waals surface area contributed by atoms with E-state index in [9.17, 15) is 9.18 Å². The third kappa shape index (κ3) is 4.22. The summed E-state index contributed by atoms with van der Waals surface area (Å²) in [5.41, 5.74) is 1.25. The highest BCUT2D eigenvalue weighted by Crippen LogP contribution is 2.26. The van der Waals surface area contributed by atoms with E-state index in [4.69, 9.17) is 11.6 Å². The number of benzene rings is 2. The Morgan fingerprint density at radius 2 is 2.04 bits per heavy atom. The summed E-state index contributed by atoms with van der Waals surface area (Å²) >= 11 is 6.13. The SMILES string of the molecule is COC(=O)c1ccc(Cl)c(Nc2nncc(Nc3cccc(F)c3)n2)c1. The summed E-state index contributed by atoms with van der Waals surface area (Å²) in [4.78, 5) is 15.9. The molecule has 7 nitrogen and oxygen atoms in total. The molecule has 0 aliphatic heterocycles. The molecule has 0 atom stereocenters. The van der Waals surface area contributed by atoms with Crippen LogP contribution in [0.5, 0.6) is 0 Å². The summed E-state index contributed by atoms with van der Waals surface area (Å²) in [5, 5.41) is 13.9. The third-order valence-corrected chi connectivity index (χ3v) is 3.62. The Morgan fingerprint density at radius 3 is 2.81 bits per heavy atom. The van der Waals surface area contributed by atoms with Gasteiger partial charge in [0.05, 0.1) is 29.6 Å². The highest BCUT2D eigenvalue weighted by molar-refractivity contribution is 6.33. The third-order valence-electron chi connectivity index (χ3n) is 3.29. The molecule has 3 rings (SSSR count). The van der Waals surface area contributed by atoms with Crippen LogP contribution in [-0.2, 0) is 4.74 Å². The summed E-state index contributed by atoms with van der Waals surface area (Å²) < 4.78 is 17.9. The zero-order valence-electron chi connectivity index (χ0n) is 13.5. The monoisotopic (exact) mass is 373 g/mol. The maximum atomic E-state index is 13.3. The summed E-state index contributed by atoms with van der Waals surface area (Å²) in [5.74, 6) is -0.365. The molecule has 0 fully saturated rings. The van der Waals surface area contributed by atoms with E-state index in [0.717, 1.165) is 0 Å². The molecule has 1 heterocycles. The van der Waals surface area contributed by atoms with E-state index in [1.54, 1.807) is 24.3 Å². The van der Waals surface area contributed by atoms with Crippen LogP contribution < -0.4 is 10.6 Å². The predicted molar refractivity (Wildman–Crippen MR) is 95.6 cm³/mol. The van der Waals surface area contributed by atoms with Crippen LogP contribution in [0.4, 0.5) is 27.5 Å². The normalized spacial score (nSPS) is 10.3. The quantitative estimate of drug-likeness (QED) is 0.655. The Labute approximate surface area is 153 Å². The van der Waals surface area contributed by atoms with Gasteiger partial charge in [0.25, 0.3) is 0 Å². The van der Waals surface area contributed by atoms with Gasteiger partial charge in [-0.25, -0.2) is 9.18 Å². The number of esters is 1. The highest BCUT2D eigenvalue weighted by Gasteiger charge is 2.11. The van der Waals surface area contributed by atoms with Crippen LogP contribution in [0.1, 0.15) is 10.4 Å². The Morgan fingerprint density at radius 1 is 1.19 bits per heavy atom. The molecule has 0 spiro atoms. The average Bonchev–Trinajstić information content (AvgIpc) is 2.63. The molecule has 0 bridgehead atoms. The molecule has 0 amide bonds. The smallest absolute Gasteiger partial charge is 0.337 e. The van der Waals surface area contributed by atoms with Crippen molar-refractivity contribution in [1.29, 1.82) is 0 Å². The maximum absolute atomic E-state index is 13.3. The first-order valence-corrected chi connectivity index (χ1v) is 7.80. The molecule has 26 heavy (non-hydrogen) atoms. The fourth-order valence-electron chi connectivity index (χ4n) is 2.12. The summed E-state index contributed by atoms with van der Waals surface area (Å²) in [7, 11) is 1.29. The predicted octanol–water partition coefficient (Wildman–Crippen LogP) is 3.94. The summed E-state index contributed by atoms with van der Waals surface area (Å²) in [6, 6.07) is 10.5. The molecule has 9 heteroatoms. The molecule has 1 aromatic heterocycles. The first-order chi connectivity index (χ1) is 12.5. The zero-order chi connectivity index (χ0) is 18.5. The number of hydrogen-bond donors (Lipinski definition) is 2. The molecule has 2 aromatic carbocycles. The standard InChI is InChI=1S/C17H13ClFN5O2/c1-26-16(25)10-5-6-13(18)14(7-10)22-17-23-15(9-20-24-17)21-12-4-2-3-11(19)8-12/h2-9H,1H3,(H2,21,22,23,24). The van der Waals surface area contributed by atoms with Crippen molar-refractivity contribution in [1.82, 2.24) is 15.2 Å². The van der Waals surface area contributed by atoms with Gasteiger partial charge in [0.1, 0.15) is 5.82 Å². The van der Waals surface area contributed by atoms with Crippen molar-refractivity contribution in [2.24, 2.45) is 0 Å². The van der Waals surface area contributed by atoms with Gasteiger partial charge in [0.15, 0.2) is 5.82 Å². The van der Waals surface area contributed by atoms with Crippen molar-refractivity contribution in [2.45, 2.75) is 0 Å². The molecular formula is C17H13ClFN5O2. The number of ether oxygens (including phenoxy) is 1. The molecule has 2 N–H and O–H groups in total. The van der Waals surface area contributed by atoms with E-state index >= 15 is 0 Å². The summed E-state index contributed by atoms with van der Waals surface area (Å²) in [6.07, 6.45) is 1.39. The fraction of sp³-hybridized carbons (Fsp3) is 0.0588. The number of methoxy groups -OCH3 is 1. The molecule has 132 valence electrons.